The van der Waals surface area contributed by atoms with Crippen LogP contribution in [0.1, 0.15) is 39.1 Å². The van der Waals surface area contributed by atoms with E-state index >= 15 is 0 Å². The lowest BCUT2D eigenvalue weighted by molar-refractivity contribution is -0.254. The number of hydrogen-bond donors (Lipinski definition) is 0. The van der Waals surface area contributed by atoms with Gasteiger partial charge in [-0.2, -0.15) is 0 Å². The molecule has 1 heterocycles. The molecule has 3 aromatic carbocycles. The molecule has 1 aliphatic heterocycles. The second kappa shape index (κ2) is 15.3. The van der Waals surface area contributed by atoms with Crippen molar-refractivity contribution in [1.29, 1.82) is 0 Å². The van der Waals surface area contributed by atoms with Crippen molar-refractivity contribution in [3.63, 3.8) is 0 Å². The van der Waals surface area contributed by atoms with E-state index in [-0.39, 0.29) is 17.8 Å². The van der Waals surface area contributed by atoms with Crippen LogP contribution >= 0.6 is 11.6 Å². The van der Waals surface area contributed by atoms with E-state index in [2.05, 4.69) is 0 Å². The number of fused-ring (bicyclic) bond motifs is 2. The predicted octanol–water partition coefficient (Wildman–Crippen LogP) is 5.51. The molecule has 0 fully saturated rings. The number of aryl methyl sites for hydroxylation is 1. The summed E-state index contributed by atoms with van der Waals surface area (Å²) in [7, 11) is 7.79. The average molecular weight is 655 g/mol. The van der Waals surface area contributed by atoms with Crippen LogP contribution in [0.4, 0.5) is 5.69 Å². The number of aromatic carboxylic acids is 1. The highest BCUT2D eigenvalue weighted by atomic mass is 35.5. The molecule has 0 atom stereocenters. The molecule has 5 rings (SSSR count). The van der Waals surface area contributed by atoms with Gasteiger partial charge in [-0.05, 0) is 60.4 Å². The molecule has 0 saturated heterocycles. The van der Waals surface area contributed by atoms with Gasteiger partial charge in [0.1, 0.15) is 37.8 Å². The summed E-state index contributed by atoms with van der Waals surface area (Å²) < 4.78 is 19.7. The summed E-state index contributed by atoms with van der Waals surface area (Å²) in [6.45, 7) is 1.16. The topological polar surface area (TPSA) is 95.1 Å². The molecule has 0 unspecified atom stereocenters. The first kappa shape index (κ1) is 33.7. The van der Waals surface area contributed by atoms with E-state index < -0.39 is 5.97 Å². The normalized spacial score (nSPS) is 11.2. The largest absolute Gasteiger partial charge is 0.545 e. The highest BCUT2D eigenvalue weighted by Gasteiger charge is 2.22. The molecule has 8 nitrogen and oxygen atoms in total. The molecule has 3 aromatic rings. The Hall–Kier alpha value is -4.66. The Morgan fingerprint density at radius 3 is 2.36 bits per heavy atom. The Morgan fingerprint density at radius 2 is 1.66 bits per heavy atom. The second-order valence-corrected chi connectivity index (χ2v) is 12.1. The average Bonchev–Trinajstić information content (AvgIpc) is 3.06. The van der Waals surface area contributed by atoms with Crippen molar-refractivity contribution in [3.8, 4) is 28.2 Å². The van der Waals surface area contributed by atoms with Gasteiger partial charge in [0.15, 0.2) is 5.78 Å². The third-order valence-corrected chi connectivity index (χ3v) is 8.24. The summed E-state index contributed by atoms with van der Waals surface area (Å²) in [5, 5.41) is 14.2. The van der Waals surface area contributed by atoms with Gasteiger partial charge in [0.2, 0.25) is 5.36 Å². The van der Waals surface area contributed by atoms with Crippen molar-refractivity contribution in [2.45, 2.75) is 19.3 Å². The van der Waals surface area contributed by atoms with E-state index in [1.54, 1.807) is 12.1 Å². The number of carbonyl (C=O) groups is 2. The van der Waals surface area contributed by atoms with Crippen LogP contribution in [0.3, 0.4) is 0 Å². The van der Waals surface area contributed by atoms with E-state index in [0.29, 0.717) is 60.2 Å². The number of carbonyl (C=O) groups excluding carboxylic acids is 2. The van der Waals surface area contributed by atoms with Crippen molar-refractivity contribution in [1.82, 2.24) is 4.58 Å². The number of ether oxygens (including phenoxy) is 2. The smallest absolute Gasteiger partial charge is 0.203 e. The number of hydrogen-bond acceptors (Lipinski definition) is 7. The van der Waals surface area contributed by atoms with Crippen LogP contribution in [0, 0.1) is 0 Å². The van der Waals surface area contributed by atoms with Crippen molar-refractivity contribution < 1.29 is 28.6 Å². The molecule has 0 radical (unpaired) electrons. The first-order valence-corrected chi connectivity index (χ1v) is 16.1. The maximum atomic E-state index is 13.1. The summed E-state index contributed by atoms with van der Waals surface area (Å²) in [5.74, 6) is 0.431. The minimum absolute atomic E-state index is 0.0536. The number of benzene rings is 4. The maximum absolute atomic E-state index is 13.1. The highest BCUT2D eigenvalue weighted by Crippen LogP contribution is 2.42. The molecule has 1 aliphatic carbocycles. The fraction of sp³-hybridized carbons (Fsp3) is 0.289. The van der Waals surface area contributed by atoms with E-state index in [9.17, 15) is 14.7 Å². The first-order valence-electron chi connectivity index (χ1n) is 15.6. The number of rotatable bonds is 14. The fourth-order valence-corrected chi connectivity index (χ4v) is 5.70. The molecule has 0 amide bonds. The van der Waals surface area contributed by atoms with E-state index in [1.807, 2.05) is 98.3 Å². The van der Waals surface area contributed by atoms with E-state index in [4.69, 9.17) is 25.5 Å². The van der Waals surface area contributed by atoms with Gasteiger partial charge < -0.3 is 28.7 Å². The zero-order valence-corrected chi connectivity index (χ0v) is 27.9. The second-order valence-electron chi connectivity index (χ2n) is 11.7. The van der Waals surface area contributed by atoms with Crippen LogP contribution in [0.2, 0.25) is 0 Å². The van der Waals surface area contributed by atoms with Crippen molar-refractivity contribution in [2.75, 3.05) is 58.8 Å². The van der Waals surface area contributed by atoms with Crippen LogP contribution in [-0.2, 0) is 11.2 Å². The zero-order valence-electron chi connectivity index (χ0n) is 27.2. The Balaban J connectivity index is 1.32. The molecule has 47 heavy (non-hydrogen) atoms. The van der Waals surface area contributed by atoms with Crippen LogP contribution in [-0.4, -0.2) is 65.6 Å². The lowest BCUT2D eigenvalue weighted by atomic mass is 9.89. The molecule has 0 spiro atoms. The molecule has 0 aromatic heterocycles. The number of Topliss-reactive ketones (excluding diaryl/α,β-unsaturated/α-hetero) is 1. The highest BCUT2D eigenvalue weighted by molar-refractivity contribution is 6.18. The number of carboxylic acid groups (broad SMARTS) is 1. The van der Waals surface area contributed by atoms with Gasteiger partial charge >= 0.3 is 0 Å². The third kappa shape index (κ3) is 8.02. The van der Waals surface area contributed by atoms with E-state index in [1.165, 1.54) is 6.07 Å². The third-order valence-electron chi connectivity index (χ3n) is 8.05. The quantitative estimate of drug-likeness (QED) is 0.0513. The predicted molar refractivity (Wildman–Crippen MR) is 185 cm³/mol. The molecular weight excluding hydrogens is 616 g/mol. The molecule has 0 bridgehead atoms. The SMILES string of the molecule is CN(C)c1ccc2c(-c3ccc(C(=O)CCCOCCOc4ccc(CCCl)cc4)cc3C(=O)[O-])c3ccc(=[N+](C)C)cc-3oc2c1. The number of ketones is 1. The van der Waals surface area contributed by atoms with Crippen LogP contribution in [0.5, 0.6) is 5.75 Å². The minimum atomic E-state index is -1.36. The van der Waals surface area contributed by atoms with Gasteiger partial charge in [0, 0.05) is 78.5 Å². The molecule has 0 N–H and O–H groups in total. The summed E-state index contributed by atoms with van der Waals surface area (Å²) in [4.78, 5) is 27.6. The molecule has 9 heteroatoms. The van der Waals surface area contributed by atoms with Crippen LogP contribution < -0.4 is 24.7 Å². The Labute approximate surface area is 279 Å². The minimum Gasteiger partial charge on any atom is -0.545 e. The Kier molecular flexibility index (Phi) is 11.0. The summed E-state index contributed by atoms with van der Waals surface area (Å²) in [6, 6.07) is 24.3. The number of anilines is 1. The molecule has 244 valence electrons. The van der Waals surface area contributed by atoms with Gasteiger partial charge in [-0.3, -0.25) is 4.79 Å². The number of alkyl halides is 1. The Bertz CT molecular complexity index is 1930. The van der Waals surface area contributed by atoms with Gasteiger partial charge in [-0.25, -0.2) is 4.58 Å². The lowest BCUT2D eigenvalue weighted by Gasteiger charge is -2.20. The van der Waals surface area contributed by atoms with Gasteiger partial charge in [0.05, 0.1) is 18.6 Å². The van der Waals surface area contributed by atoms with Gasteiger partial charge in [0.25, 0.3) is 0 Å². The summed E-state index contributed by atoms with van der Waals surface area (Å²) in [5.41, 5.74) is 4.90. The van der Waals surface area contributed by atoms with Gasteiger partial charge in [-0.1, -0.05) is 24.3 Å². The monoisotopic (exact) mass is 654 g/mol. The number of carboxylic acids is 1. The van der Waals surface area contributed by atoms with Crippen molar-refractivity contribution in [3.05, 3.63) is 101 Å². The van der Waals surface area contributed by atoms with Crippen LogP contribution in [0.25, 0.3) is 33.4 Å². The number of nitrogens with zero attached hydrogens (tertiary/aromatic N) is 2. The molecule has 2 aliphatic rings. The first-order chi connectivity index (χ1) is 22.7. The van der Waals surface area contributed by atoms with Crippen molar-refractivity contribution >= 4 is 40.0 Å². The zero-order chi connectivity index (χ0) is 33.5. The van der Waals surface area contributed by atoms with Gasteiger partial charge in [-0.15, -0.1) is 11.6 Å². The van der Waals surface area contributed by atoms with Crippen molar-refractivity contribution in [2.24, 2.45) is 0 Å². The fourth-order valence-electron chi connectivity index (χ4n) is 5.48. The molecular formula is C38H39ClN2O6. The Morgan fingerprint density at radius 1 is 0.894 bits per heavy atom. The standard InChI is InChI=1S/C38H39ClN2O6/c1-40(2)27-10-15-31-35(23-27)47-36-24-28(41(3)4)11-16-32(36)37(31)30-14-9-26(22-33(30)38(43)44)34(42)6-5-19-45-20-21-46-29-12-7-25(8-13-29)17-18-39/h7-16,22-24H,5-6,17-21H2,1-4H3. The molecule has 0 saturated carbocycles. The summed E-state index contributed by atoms with van der Waals surface area (Å²) in [6.07, 6.45) is 1.52. The van der Waals surface area contributed by atoms with E-state index in [0.717, 1.165) is 39.7 Å². The maximum Gasteiger partial charge on any atom is 0.203 e. The lowest BCUT2D eigenvalue weighted by Crippen LogP contribution is -2.24. The summed E-state index contributed by atoms with van der Waals surface area (Å²) >= 11 is 5.78. The van der Waals surface area contributed by atoms with Crippen LogP contribution in [0.15, 0.2) is 83.3 Å². The number of halogens is 1.